The molecule has 7 rings (SSSR count). The molecule has 1 saturated carbocycles. The number of benzene rings is 4. The number of nitrogens with zero attached hydrogens (tertiary/aromatic N) is 4. The Hall–Kier alpha value is -3.52. The minimum atomic E-state index is -6.09. The molecule has 0 atom stereocenters. The fourth-order valence-corrected chi connectivity index (χ4v) is 10.0. The number of aryl methyl sites for hydroxylation is 2. The van der Waals surface area contributed by atoms with Crippen LogP contribution in [0.2, 0.25) is 0 Å². The van der Waals surface area contributed by atoms with Crippen molar-refractivity contribution in [3.05, 3.63) is 177 Å². The Bertz CT molecular complexity index is 2050. The molecule has 1 fully saturated rings. The number of imidazole rings is 2. The monoisotopic (exact) mass is 960 g/mol. The van der Waals surface area contributed by atoms with Gasteiger partial charge < -0.3 is 13.7 Å². The van der Waals surface area contributed by atoms with Crippen LogP contribution in [0.3, 0.4) is 0 Å². The number of aromatic nitrogens is 4. The number of alkyl halides is 3. The van der Waals surface area contributed by atoms with Crippen LogP contribution in [-0.4, -0.2) is 37.6 Å². The van der Waals surface area contributed by atoms with Crippen molar-refractivity contribution >= 4 is 58.3 Å². The molecule has 0 bridgehead atoms. The third-order valence-corrected chi connectivity index (χ3v) is 14.0. The summed E-state index contributed by atoms with van der Waals surface area (Å²) in [6.45, 7) is 13.3. The maximum Gasteiger partial charge on any atom is 1.00 e. The molecule has 1 aliphatic carbocycles. The summed E-state index contributed by atoms with van der Waals surface area (Å²) < 4.78 is 63.3. The van der Waals surface area contributed by atoms with Gasteiger partial charge in [-0.2, -0.15) is 13.2 Å². The third-order valence-electron chi connectivity index (χ3n) is 8.54. The average molecular weight is 960 g/mol. The Morgan fingerprint density at radius 2 is 0.717 bits per heavy atom. The van der Waals surface area contributed by atoms with Crippen LogP contribution in [0, 0.1) is 32.1 Å². The molecule has 60 heavy (non-hydrogen) atoms. The van der Waals surface area contributed by atoms with Crippen LogP contribution in [0.1, 0.15) is 52.9 Å². The molecule has 14 heteroatoms. The van der Waals surface area contributed by atoms with E-state index in [4.69, 9.17) is 22.9 Å². The van der Waals surface area contributed by atoms with Crippen LogP contribution < -0.4 is 32.3 Å². The summed E-state index contributed by atoms with van der Waals surface area (Å²) >= 11 is 0. The van der Waals surface area contributed by atoms with Crippen LogP contribution in [0.5, 0.6) is 0 Å². The Morgan fingerprint density at radius 3 is 0.883 bits per heavy atom. The normalized spacial score (nSPS) is 13.0. The summed E-state index contributed by atoms with van der Waals surface area (Å²) in [4.78, 5) is 10.1. The second-order valence-electron chi connectivity index (χ2n) is 15.4. The second-order valence-corrected chi connectivity index (χ2v) is 21.0. The first kappa shape index (κ1) is 50.8. The summed E-state index contributed by atoms with van der Waals surface area (Å²) in [6, 6.07) is 42.9. The predicted octanol–water partition coefficient (Wildman–Crippen LogP) is 8.02. The summed E-state index contributed by atoms with van der Waals surface area (Å²) in [7, 11) is -3.15. The smallest absolute Gasteiger partial charge is 0.741 e. The summed E-state index contributed by atoms with van der Waals surface area (Å²) in [5, 5.41) is 5.34. The van der Waals surface area contributed by atoms with E-state index in [1.165, 1.54) is 21.2 Å². The van der Waals surface area contributed by atoms with Gasteiger partial charge in [0.1, 0.15) is 11.1 Å². The molecule has 2 aromatic heterocycles. The van der Waals surface area contributed by atoms with Gasteiger partial charge in [0.25, 0.3) is 0 Å². The van der Waals surface area contributed by atoms with Crippen molar-refractivity contribution in [1.29, 1.82) is 0 Å². The molecule has 0 aliphatic heterocycles. The van der Waals surface area contributed by atoms with Gasteiger partial charge in [-0.05, 0) is 53.3 Å². The van der Waals surface area contributed by atoms with Gasteiger partial charge >= 0.3 is 25.0 Å². The molecule has 2 heterocycles. The van der Waals surface area contributed by atoms with E-state index in [0.29, 0.717) is 0 Å². The SMILES string of the molecule is Cn1cc(C(C)(C)C)nc1P(c1ccccc1)c1ccccc1.Cn1cc(C(C)(C)C)nc1P(c1ccccc1)c1ccccc1.O=S(=O)([O-])C(F)(F)F.[CH]1[CH][CH][CH][CH]1.[Ru+]. The molecule has 1 aliphatic rings. The quantitative estimate of drug-likeness (QED) is 0.0731. The molecule has 0 saturated heterocycles. The standard InChI is InChI=1S/2C20H23N2P.C5H5.CHF3O3S.Ru/c2*1-20(2,3)18-15-22(4)19(21-18)23(16-11-7-5-8-12-16)17-13-9-6-10-14-17;1-2-4-5-3-1;2-1(3,4)8(5,6)7;/h2*5-15H,1-4H3;1-5H;(H,5,6,7);/q;;;;+1/p-1. The van der Waals surface area contributed by atoms with Crippen molar-refractivity contribution in [2.45, 2.75) is 57.9 Å². The molecule has 6 aromatic rings. The minimum Gasteiger partial charge on any atom is -0.741 e. The second kappa shape index (κ2) is 22.5. The zero-order valence-electron chi connectivity index (χ0n) is 34.9. The molecule has 0 spiro atoms. The molecular weight excluding hydrogens is 909 g/mol. The molecule has 0 N–H and O–H groups in total. The Balaban J connectivity index is 0.000000244. The Kier molecular flexibility index (Phi) is 19.1. The fraction of sp³-hybridized carbons (Fsp3) is 0.239. The first-order valence-electron chi connectivity index (χ1n) is 18.8. The van der Waals surface area contributed by atoms with E-state index in [9.17, 15) is 13.2 Å². The van der Waals surface area contributed by atoms with Crippen LogP contribution in [0.25, 0.3) is 0 Å². The number of rotatable bonds is 6. The first-order valence-corrected chi connectivity index (χ1v) is 22.8. The predicted molar refractivity (Wildman–Crippen MR) is 238 cm³/mol. The van der Waals surface area contributed by atoms with E-state index in [2.05, 4.69) is 198 Å². The zero-order chi connectivity index (χ0) is 43.4. The summed E-state index contributed by atoms with van der Waals surface area (Å²) in [5.74, 6) is 0. The van der Waals surface area contributed by atoms with Gasteiger partial charge in [0.05, 0.1) is 11.4 Å². The third kappa shape index (κ3) is 14.8. The van der Waals surface area contributed by atoms with Crippen molar-refractivity contribution in [2.24, 2.45) is 14.1 Å². The van der Waals surface area contributed by atoms with Crippen molar-refractivity contribution in [2.75, 3.05) is 0 Å². The van der Waals surface area contributed by atoms with Crippen molar-refractivity contribution in [1.82, 2.24) is 19.1 Å². The molecule has 4 aromatic carbocycles. The van der Waals surface area contributed by atoms with E-state index >= 15 is 0 Å². The molecular formula is C46H51F3N4O3P2RuS. The Morgan fingerprint density at radius 1 is 0.500 bits per heavy atom. The van der Waals surface area contributed by atoms with E-state index in [0.717, 1.165) is 22.5 Å². The molecule has 318 valence electrons. The van der Waals surface area contributed by atoms with E-state index in [-0.39, 0.29) is 30.3 Å². The van der Waals surface area contributed by atoms with Gasteiger partial charge in [-0.3, -0.25) is 0 Å². The first-order chi connectivity index (χ1) is 27.7. The van der Waals surface area contributed by atoms with Gasteiger partial charge in [-0.1, -0.05) is 163 Å². The van der Waals surface area contributed by atoms with Gasteiger partial charge in [0, 0.05) is 53.2 Å². The molecule has 7 nitrogen and oxygen atoms in total. The number of hydrogen-bond acceptors (Lipinski definition) is 5. The number of hydrogen-bond donors (Lipinski definition) is 0. The summed E-state index contributed by atoms with van der Waals surface area (Å²) in [6.07, 6.45) is 14.4. The van der Waals surface area contributed by atoms with Crippen LogP contribution >= 0.6 is 15.8 Å². The van der Waals surface area contributed by atoms with Gasteiger partial charge in [0.2, 0.25) is 0 Å². The van der Waals surface area contributed by atoms with Gasteiger partial charge in [-0.25, -0.2) is 18.4 Å². The van der Waals surface area contributed by atoms with Crippen LogP contribution in [0.15, 0.2) is 134 Å². The minimum absolute atomic E-state index is 0. The molecule has 6 radical (unpaired) electrons. The maximum absolute atomic E-state index is 10.7. The molecule has 0 amide bonds. The van der Waals surface area contributed by atoms with Gasteiger partial charge in [0.15, 0.2) is 10.1 Å². The zero-order valence-corrected chi connectivity index (χ0v) is 39.2. The molecule has 0 unspecified atom stereocenters. The van der Waals surface area contributed by atoms with Crippen molar-refractivity contribution < 1.29 is 45.6 Å². The van der Waals surface area contributed by atoms with E-state index < -0.39 is 31.5 Å². The van der Waals surface area contributed by atoms with Gasteiger partial charge in [-0.15, -0.1) is 0 Å². The van der Waals surface area contributed by atoms with Crippen molar-refractivity contribution in [3.8, 4) is 0 Å². The topological polar surface area (TPSA) is 92.8 Å². The maximum atomic E-state index is 10.7. The average Bonchev–Trinajstić information content (AvgIpc) is 3.97. The fourth-order valence-electron chi connectivity index (χ4n) is 5.44. The Labute approximate surface area is 370 Å². The van der Waals surface area contributed by atoms with Crippen LogP contribution in [0.4, 0.5) is 13.2 Å². The van der Waals surface area contributed by atoms with Crippen LogP contribution in [-0.2, 0) is 54.5 Å². The number of halogens is 3. The van der Waals surface area contributed by atoms with Crippen molar-refractivity contribution in [3.63, 3.8) is 0 Å². The summed E-state index contributed by atoms with van der Waals surface area (Å²) in [5.41, 5.74) is -0.921. The van der Waals surface area contributed by atoms with E-state index in [1.54, 1.807) is 0 Å². The van der Waals surface area contributed by atoms with E-state index in [1.807, 2.05) is 32.1 Å². The largest absolute Gasteiger partial charge is 1.00 e.